The molecule has 0 aliphatic carbocycles. The highest BCUT2D eigenvalue weighted by atomic mass is 16.5. The molecule has 4 rings (SSSR count). The number of carbonyl (C=O) groups is 1. The maximum absolute atomic E-state index is 13.0. The van der Waals surface area contributed by atoms with Gasteiger partial charge in [-0.1, -0.05) is 25.1 Å². The molecule has 1 N–H and O–H groups in total. The molecule has 1 aliphatic heterocycles. The zero-order valence-electron chi connectivity index (χ0n) is 17.8. The Morgan fingerprint density at radius 3 is 2.90 bits per heavy atom. The molecule has 1 atom stereocenters. The number of ether oxygens (including phenoxy) is 1. The summed E-state index contributed by atoms with van der Waals surface area (Å²) in [6.45, 7) is 10.7. The first-order valence-corrected chi connectivity index (χ1v) is 10.3. The van der Waals surface area contributed by atoms with Gasteiger partial charge in [0.1, 0.15) is 5.82 Å². The number of aryl methyl sites for hydroxylation is 1. The summed E-state index contributed by atoms with van der Waals surface area (Å²) in [4.78, 5) is 24.2. The number of hydrogen-bond acceptors (Lipinski definition) is 7. The molecule has 8 nitrogen and oxygen atoms in total. The number of hydrogen-bond donors (Lipinski definition) is 1. The number of fused-ring (bicyclic) bond motifs is 1. The Bertz CT molecular complexity index is 1040. The van der Waals surface area contributed by atoms with Gasteiger partial charge in [-0.3, -0.25) is 4.79 Å². The third kappa shape index (κ3) is 4.14. The minimum Gasteiger partial charge on any atom is -0.375 e. The summed E-state index contributed by atoms with van der Waals surface area (Å²) in [5, 5.41) is 7.62. The summed E-state index contributed by atoms with van der Waals surface area (Å²) in [5.41, 5.74) is 3.33. The van der Waals surface area contributed by atoms with Crippen LogP contribution in [0.3, 0.4) is 0 Å². The van der Waals surface area contributed by atoms with Crippen LogP contribution < -0.4 is 10.2 Å². The first kappa shape index (κ1) is 20.3. The van der Waals surface area contributed by atoms with Crippen LogP contribution >= 0.6 is 0 Å². The van der Waals surface area contributed by atoms with Crippen molar-refractivity contribution in [2.24, 2.45) is 0 Å². The number of nitrogens with one attached hydrogen (secondary N) is 1. The van der Waals surface area contributed by atoms with Crippen molar-refractivity contribution in [3.05, 3.63) is 46.9 Å². The number of nitrogens with zero attached hydrogens (tertiary/aromatic N) is 4. The molecular formula is C22H27N5O3. The fourth-order valence-corrected chi connectivity index (χ4v) is 3.60. The number of amides is 1. The number of morpholine rings is 1. The van der Waals surface area contributed by atoms with Crippen molar-refractivity contribution < 1.29 is 14.1 Å². The summed E-state index contributed by atoms with van der Waals surface area (Å²) in [6, 6.07) is 5.81. The van der Waals surface area contributed by atoms with Gasteiger partial charge in [-0.05, 0) is 37.5 Å². The van der Waals surface area contributed by atoms with E-state index in [0.29, 0.717) is 35.5 Å². The highest BCUT2D eigenvalue weighted by Crippen LogP contribution is 2.25. The van der Waals surface area contributed by atoms with Crippen LogP contribution in [0, 0.1) is 6.92 Å². The van der Waals surface area contributed by atoms with Crippen molar-refractivity contribution in [3.8, 4) is 0 Å². The van der Waals surface area contributed by atoms with Crippen LogP contribution in [0.4, 0.5) is 5.82 Å². The maximum Gasteiger partial charge on any atom is 0.259 e. The summed E-state index contributed by atoms with van der Waals surface area (Å²) in [7, 11) is 0. The Morgan fingerprint density at radius 2 is 2.20 bits per heavy atom. The Morgan fingerprint density at radius 1 is 1.37 bits per heavy atom. The molecule has 30 heavy (non-hydrogen) atoms. The molecule has 0 saturated carbocycles. The van der Waals surface area contributed by atoms with Crippen LogP contribution in [0.25, 0.3) is 11.1 Å². The van der Waals surface area contributed by atoms with Gasteiger partial charge in [0.2, 0.25) is 0 Å². The third-order valence-electron chi connectivity index (χ3n) is 5.30. The molecule has 0 bridgehead atoms. The lowest BCUT2D eigenvalue weighted by Crippen LogP contribution is -2.41. The third-order valence-corrected chi connectivity index (χ3v) is 5.30. The van der Waals surface area contributed by atoms with E-state index in [-0.39, 0.29) is 17.9 Å². The summed E-state index contributed by atoms with van der Waals surface area (Å²) >= 11 is 0. The van der Waals surface area contributed by atoms with Gasteiger partial charge < -0.3 is 19.5 Å². The fraction of sp³-hybridized carbons (Fsp3) is 0.455. The van der Waals surface area contributed by atoms with Crippen LogP contribution in [0.15, 0.2) is 28.9 Å². The molecule has 0 spiro atoms. The van der Waals surface area contributed by atoms with E-state index in [0.717, 1.165) is 30.2 Å². The van der Waals surface area contributed by atoms with Crippen LogP contribution in [-0.2, 0) is 11.3 Å². The van der Waals surface area contributed by atoms with E-state index in [4.69, 9.17) is 9.26 Å². The average molecular weight is 409 g/mol. The summed E-state index contributed by atoms with van der Waals surface area (Å²) in [5.74, 6) is 0.922. The van der Waals surface area contributed by atoms with Gasteiger partial charge >= 0.3 is 0 Å². The molecule has 1 aliphatic rings. The topological polar surface area (TPSA) is 93.4 Å². The maximum atomic E-state index is 13.0. The van der Waals surface area contributed by atoms with Crippen molar-refractivity contribution >= 4 is 22.8 Å². The van der Waals surface area contributed by atoms with Gasteiger partial charge in [-0.25, -0.2) is 9.97 Å². The number of carbonyl (C=O) groups excluding carboxylic acids is 1. The van der Waals surface area contributed by atoms with E-state index in [1.165, 1.54) is 0 Å². The second-order valence-electron chi connectivity index (χ2n) is 8.03. The monoisotopic (exact) mass is 409 g/mol. The van der Waals surface area contributed by atoms with E-state index in [9.17, 15) is 4.79 Å². The Hall–Kier alpha value is -3.00. The lowest BCUT2D eigenvalue weighted by molar-refractivity contribution is 0.0529. The highest BCUT2D eigenvalue weighted by molar-refractivity contribution is 6.06. The summed E-state index contributed by atoms with van der Waals surface area (Å²) < 4.78 is 10.9. The summed E-state index contributed by atoms with van der Waals surface area (Å²) in [6.07, 6.45) is 2.01. The largest absolute Gasteiger partial charge is 0.375 e. The van der Waals surface area contributed by atoms with Crippen LogP contribution in [0.2, 0.25) is 0 Å². The second kappa shape index (κ2) is 8.39. The fourth-order valence-electron chi connectivity index (χ4n) is 3.60. The smallest absolute Gasteiger partial charge is 0.259 e. The molecular weight excluding hydrogens is 382 g/mol. The Labute approximate surface area is 175 Å². The highest BCUT2D eigenvalue weighted by Gasteiger charge is 2.20. The normalized spacial score (nSPS) is 17.0. The molecule has 8 heteroatoms. The van der Waals surface area contributed by atoms with Gasteiger partial charge in [-0.15, -0.1) is 0 Å². The van der Waals surface area contributed by atoms with Crippen LogP contribution in [0.1, 0.15) is 54.0 Å². The molecule has 1 saturated heterocycles. The van der Waals surface area contributed by atoms with Crippen molar-refractivity contribution in [2.45, 2.75) is 46.3 Å². The lowest BCUT2D eigenvalue weighted by atomic mass is 10.0. The number of pyridine rings is 2. The Balaban J connectivity index is 1.48. The standard InChI is InChI=1S/C22H27N5O3/c1-13(2)18-9-17(20-15(4)26-30-22(20)25-18)21(28)24-11-16-5-6-19(23-10-16)27-7-8-29-14(3)12-27/h5-6,9-10,13-14H,7-8,11-12H2,1-4H3,(H,24,28). The predicted molar refractivity (Wildman–Crippen MR) is 114 cm³/mol. The molecule has 1 amide bonds. The van der Waals surface area contributed by atoms with E-state index < -0.39 is 0 Å². The lowest BCUT2D eigenvalue weighted by Gasteiger charge is -2.32. The minimum atomic E-state index is -0.179. The Kier molecular flexibility index (Phi) is 5.67. The minimum absolute atomic E-state index is 0.172. The van der Waals surface area contributed by atoms with Gasteiger partial charge in [0.15, 0.2) is 0 Å². The van der Waals surface area contributed by atoms with Crippen molar-refractivity contribution in [3.63, 3.8) is 0 Å². The van der Waals surface area contributed by atoms with Gasteiger partial charge in [0, 0.05) is 31.5 Å². The number of aromatic nitrogens is 3. The van der Waals surface area contributed by atoms with E-state index in [2.05, 4.69) is 32.3 Å². The van der Waals surface area contributed by atoms with E-state index in [1.807, 2.05) is 45.2 Å². The first-order valence-electron chi connectivity index (χ1n) is 10.3. The average Bonchev–Trinajstić information content (AvgIpc) is 3.12. The van der Waals surface area contributed by atoms with E-state index in [1.54, 1.807) is 0 Å². The van der Waals surface area contributed by atoms with Gasteiger partial charge in [0.05, 0.1) is 29.4 Å². The second-order valence-corrected chi connectivity index (χ2v) is 8.03. The molecule has 3 aromatic heterocycles. The van der Waals surface area contributed by atoms with Gasteiger partial charge in [-0.2, -0.15) is 0 Å². The molecule has 0 radical (unpaired) electrons. The zero-order valence-corrected chi connectivity index (χ0v) is 17.8. The SMILES string of the molecule is Cc1noc2nc(C(C)C)cc(C(=O)NCc3ccc(N4CCOC(C)C4)nc3)c12. The predicted octanol–water partition coefficient (Wildman–Crippen LogP) is 3.20. The molecule has 4 heterocycles. The number of anilines is 1. The number of rotatable bonds is 5. The molecule has 3 aromatic rings. The zero-order chi connectivity index (χ0) is 21.3. The molecule has 1 fully saturated rings. The molecule has 0 aromatic carbocycles. The van der Waals surface area contributed by atoms with Crippen LogP contribution in [0.5, 0.6) is 0 Å². The van der Waals surface area contributed by atoms with Gasteiger partial charge in [0.25, 0.3) is 11.6 Å². The van der Waals surface area contributed by atoms with Crippen LogP contribution in [-0.4, -0.2) is 46.8 Å². The van der Waals surface area contributed by atoms with Crippen molar-refractivity contribution in [1.29, 1.82) is 0 Å². The molecule has 158 valence electrons. The van der Waals surface area contributed by atoms with Crippen molar-refractivity contribution in [1.82, 2.24) is 20.4 Å². The quantitative estimate of drug-likeness (QED) is 0.691. The molecule has 1 unspecified atom stereocenters. The van der Waals surface area contributed by atoms with E-state index >= 15 is 0 Å². The van der Waals surface area contributed by atoms with Crippen molar-refractivity contribution in [2.75, 3.05) is 24.6 Å². The first-order chi connectivity index (χ1) is 14.4.